The summed E-state index contributed by atoms with van der Waals surface area (Å²) in [6, 6.07) is 18.2. The maximum atomic E-state index is 13.1. The molecule has 0 radical (unpaired) electrons. The third-order valence-corrected chi connectivity index (χ3v) is 7.28. The quantitative estimate of drug-likeness (QED) is 0.501. The Labute approximate surface area is 204 Å². The van der Waals surface area contributed by atoms with Gasteiger partial charge in [0.05, 0.1) is 12.6 Å². The SMILES string of the molecule is CCN(CC)c1ccc(CN2C[C@@H](NC3Cc4ccccc4C3)C[C@H]2C(=O)NCCOC)cc1. The molecule has 0 spiro atoms. The smallest absolute Gasteiger partial charge is 0.237 e. The molecule has 1 aliphatic heterocycles. The standard InChI is InChI=1S/C28H40N4O2/c1-4-31(5-2)26-12-10-21(11-13-26)19-32-20-25(18-27(32)28(33)29-14-15-34-3)30-24-16-22-8-6-7-9-23(22)17-24/h6-13,24-25,27,30H,4-5,14-20H2,1-3H3,(H,29,33)/t25-,27-/m0/s1. The largest absolute Gasteiger partial charge is 0.383 e. The van der Waals surface area contributed by atoms with Gasteiger partial charge in [-0.3, -0.25) is 9.69 Å². The number of rotatable bonds is 11. The van der Waals surface area contributed by atoms with Crippen LogP contribution in [0.2, 0.25) is 0 Å². The van der Waals surface area contributed by atoms with E-state index in [1.807, 2.05) is 0 Å². The minimum absolute atomic E-state index is 0.107. The van der Waals surface area contributed by atoms with E-state index in [1.165, 1.54) is 22.4 Å². The van der Waals surface area contributed by atoms with Crippen LogP contribution >= 0.6 is 0 Å². The lowest BCUT2D eigenvalue weighted by Gasteiger charge is -2.25. The maximum Gasteiger partial charge on any atom is 0.237 e. The second-order valence-corrected chi connectivity index (χ2v) is 9.54. The van der Waals surface area contributed by atoms with Gasteiger partial charge in [-0.1, -0.05) is 36.4 Å². The summed E-state index contributed by atoms with van der Waals surface area (Å²) in [7, 11) is 1.66. The number of nitrogens with zero attached hydrogens (tertiary/aromatic N) is 2. The number of methoxy groups -OCH3 is 1. The summed E-state index contributed by atoms with van der Waals surface area (Å²) < 4.78 is 5.12. The lowest BCUT2D eigenvalue weighted by molar-refractivity contribution is -0.125. The van der Waals surface area contributed by atoms with Crippen molar-refractivity contribution in [2.45, 2.75) is 57.8 Å². The van der Waals surface area contributed by atoms with Crippen LogP contribution in [0.1, 0.15) is 37.0 Å². The third kappa shape index (κ3) is 5.98. The Bertz CT molecular complexity index is 903. The minimum atomic E-state index is -0.124. The first kappa shape index (κ1) is 24.7. The Balaban J connectivity index is 1.41. The van der Waals surface area contributed by atoms with Gasteiger partial charge in [0, 0.05) is 57.6 Å². The lowest BCUT2D eigenvalue weighted by atomic mass is 10.1. The summed E-state index contributed by atoms with van der Waals surface area (Å²) in [5, 5.41) is 6.95. The van der Waals surface area contributed by atoms with E-state index in [2.05, 4.69) is 82.8 Å². The van der Waals surface area contributed by atoms with Crippen molar-refractivity contribution in [1.29, 1.82) is 0 Å². The van der Waals surface area contributed by atoms with E-state index in [0.29, 0.717) is 25.2 Å². The average molecular weight is 465 g/mol. The van der Waals surface area contributed by atoms with Crippen LogP contribution < -0.4 is 15.5 Å². The van der Waals surface area contributed by atoms with E-state index in [9.17, 15) is 4.79 Å². The van der Waals surface area contributed by atoms with Gasteiger partial charge in [0.2, 0.25) is 5.91 Å². The number of hydrogen-bond acceptors (Lipinski definition) is 5. The number of fused-ring (bicyclic) bond motifs is 1. The van der Waals surface area contributed by atoms with E-state index in [1.54, 1.807) is 7.11 Å². The number of amides is 1. The molecule has 1 amide bonds. The van der Waals surface area contributed by atoms with Crippen LogP contribution in [0.4, 0.5) is 5.69 Å². The number of benzene rings is 2. The zero-order valence-corrected chi connectivity index (χ0v) is 20.9. The zero-order chi connectivity index (χ0) is 23.9. The number of anilines is 1. The highest BCUT2D eigenvalue weighted by Crippen LogP contribution is 2.26. The van der Waals surface area contributed by atoms with Gasteiger partial charge in [-0.05, 0) is 61.9 Å². The summed E-state index contributed by atoms with van der Waals surface area (Å²) in [6.07, 6.45) is 2.98. The number of hydrogen-bond donors (Lipinski definition) is 2. The molecule has 0 bridgehead atoms. The molecule has 2 N–H and O–H groups in total. The average Bonchev–Trinajstić information content (AvgIpc) is 3.44. The molecule has 2 aliphatic rings. The Hall–Kier alpha value is -2.41. The lowest BCUT2D eigenvalue weighted by Crippen LogP contribution is -2.43. The topological polar surface area (TPSA) is 56.8 Å². The molecule has 2 atom stereocenters. The molecule has 4 rings (SSSR count). The van der Waals surface area contributed by atoms with Crippen molar-refractivity contribution in [2.75, 3.05) is 44.8 Å². The van der Waals surface area contributed by atoms with Crippen molar-refractivity contribution in [3.05, 3.63) is 65.2 Å². The highest BCUT2D eigenvalue weighted by Gasteiger charge is 2.38. The van der Waals surface area contributed by atoms with Gasteiger partial charge in [0.15, 0.2) is 0 Å². The van der Waals surface area contributed by atoms with E-state index >= 15 is 0 Å². The molecule has 6 nitrogen and oxygen atoms in total. The van der Waals surface area contributed by atoms with E-state index in [-0.39, 0.29) is 11.9 Å². The summed E-state index contributed by atoms with van der Waals surface area (Å²) in [5.41, 5.74) is 5.41. The third-order valence-electron chi connectivity index (χ3n) is 7.28. The van der Waals surface area contributed by atoms with Crippen molar-refractivity contribution in [1.82, 2.24) is 15.5 Å². The second kappa shape index (κ2) is 11.8. The number of ether oxygens (including phenoxy) is 1. The van der Waals surface area contributed by atoms with Gasteiger partial charge < -0.3 is 20.3 Å². The molecule has 1 heterocycles. The van der Waals surface area contributed by atoms with Crippen molar-refractivity contribution < 1.29 is 9.53 Å². The summed E-state index contributed by atoms with van der Waals surface area (Å²) in [6.45, 7) is 9.13. The Kier molecular flexibility index (Phi) is 8.59. The molecular formula is C28H40N4O2. The van der Waals surface area contributed by atoms with E-state index in [0.717, 1.165) is 45.4 Å². The zero-order valence-electron chi connectivity index (χ0n) is 20.9. The molecule has 0 saturated carbocycles. The summed E-state index contributed by atoms with van der Waals surface area (Å²) in [4.78, 5) is 17.8. The fraction of sp³-hybridized carbons (Fsp3) is 0.536. The predicted octanol–water partition coefficient (Wildman–Crippen LogP) is 3.00. The maximum absolute atomic E-state index is 13.1. The van der Waals surface area contributed by atoms with Crippen molar-refractivity contribution >= 4 is 11.6 Å². The molecule has 2 aromatic rings. The molecule has 1 saturated heterocycles. The first-order valence-corrected chi connectivity index (χ1v) is 12.8. The van der Waals surface area contributed by atoms with Crippen molar-refractivity contribution in [2.24, 2.45) is 0 Å². The minimum Gasteiger partial charge on any atom is -0.383 e. The normalized spacial score (nSPS) is 20.4. The second-order valence-electron chi connectivity index (χ2n) is 9.54. The molecule has 2 aromatic carbocycles. The fourth-order valence-electron chi connectivity index (χ4n) is 5.51. The first-order valence-electron chi connectivity index (χ1n) is 12.8. The predicted molar refractivity (Wildman–Crippen MR) is 138 cm³/mol. The molecule has 184 valence electrons. The highest BCUT2D eigenvalue weighted by atomic mass is 16.5. The van der Waals surface area contributed by atoms with Gasteiger partial charge in [-0.2, -0.15) is 0 Å². The number of carbonyl (C=O) groups is 1. The highest BCUT2D eigenvalue weighted by molar-refractivity contribution is 5.82. The van der Waals surface area contributed by atoms with Crippen LogP contribution in [0.5, 0.6) is 0 Å². The van der Waals surface area contributed by atoms with Crippen LogP contribution in [0, 0.1) is 0 Å². The number of carbonyl (C=O) groups excluding carboxylic acids is 1. The summed E-state index contributed by atoms with van der Waals surface area (Å²) >= 11 is 0. The molecule has 0 unspecified atom stereocenters. The molecule has 6 heteroatoms. The van der Waals surface area contributed by atoms with Gasteiger partial charge >= 0.3 is 0 Å². The number of nitrogens with one attached hydrogen (secondary N) is 2. The molecule has 1 fully saturated rings. The van der Waals surface area contributed by atoms with Crippen LogP contribution in [0.15, 0.2) is 48.5 Å². The number of likely N-dealkylation sites (tertiary alicyclic amines) is 1. The molecule has 1 aliphatic carbocycles. The Morgan fingerprint density at radius 1 is 1.03 bits per heavy atom. The van der Waals surface area contributed by atoms with Crippen molar-refractivity contribution in [3.63, 3.8) is 0 Å². The van der Waals surface area contributed by atoms with Gasteiger partial charge in [0.25, 0.3) is 0 Å². The van der Waals surface area contributed by atoms with Gasteiger partial charge in [-0.25, -0.2) is 0 Å². The van der Waals surface area contributed by atoms with Crippen LogP contribution in [-0.2, 0) is 28.9 Å². The molecular weight excluding hydrogens is 424 g/mol. The van der Waals surface area contributed by atoms with Gasteiger partial charge in [-0.15, -0.1) is 0 Å². The molecule has 34 heavy (non-hydrogen) atoms. The van der Waals surface area contributed by atoms with Crippen LogP contribution in [-0.4, -0.2) is 68.8 Å². The van der Waals surface area contributed by atoms with Crippen LogP contribution in [0.3, 0.4) is 0 Å². The van der Waals surface area contributed by atoms with Crippen molar-refractivity contribution in [3.8, 4) is 0 Å². The molecule has 0 aromatic heterocycles. The van der Waals surface area contributed by atoms with E-state index < -0.39 is 0 Å². The monoisotopic (exact) mass is 464 g/mol. The van der Waals surface area contributed by atoms with Gasteiger partial charge in [0.1, 0.15) is 0 Å². The summed E-state index contributed by atoms with van der Waals surface area (Å²) in [5.74, 6) is 0.107. The Morgan fingerprint density at radius 2 is 1.71 bits per heavy atom. The Morgan fingerprint density at radius 3 is 2.32 bits per heavy atom. The van der Waals surface area contributed by atoms with E-state index in [4.69, 9.17) is 4.74 Å². The fourth-order valence-corrected chi connectivity index (χ4v) is 5.51. The van der Waals surface area contributed by atoms with Crippen LogP contribution in [0.25, 0.3) is 0 Å². The first-order chi connectivity index (χ1) is 16.6.